The van der Waals surface area contributed by atoms with Gasteiger partial charge in [0, 0.05) is 11.0 Å². The summed E-state index contributed by atoms with van der Waals surface area (Å²) in [6.07, 6.45) is 2.16. The van der Waals surface area contributed by atoms with Crippen LogP contribution in [0.25, 0.3) is 0 Å². The Balaban J connectivity index is 2.17. The Morgan fingerprint density at radius 2 is 2.21 bits per heavy atom. The highest BCUT2D eigenvalue weighted by Crippen LogP contribution is 2.40. The molecule has 76 valence electrons. The van der Waals surface area contributed by atoms with Crippen molar-refractivity contribution in [2.75, 3.05) is 6.54 Å². The fraction of sp³-hybridized carbons (Fsp3) is 0.455. The lowest BCUT2D eigenvalue weighted by molar-refractivity contribution is 0.186. The molecule has 1 aliphatic rings. The highest BCUT2D eigenvalue weighted by molar-refractivity contribution is 9.10. The minimum atomic E-state index is -0.0570. The topological polar surface area (TPSA) is 35.2 Å². The van der Waals surface area contributed by atoms with Crippen molar-refractivity contribution < 1.29 is 4.74 Å². The zero-order valence-corrected chi connectivity index (χ0v) is 9.80. The predicted molar refractivity (Wildman–Crippen MR) is 60.5 cm³/mol. The number of rotatable bonds is 3. The molecule has 0 radical (unpaired) electrons. The maximum Gasteiger partial charge on any atom is 0.123 e. The zero-order valence-electron chi connectivity index (χ0n) is 8.22. The zero-order chi connectivity index (χ0) is 10.2. The van der Waals surface area contributed by atoms with Gasteiger partial charge in [0.1, 0.15) is 11.4 Å². The highest BCUT2D eigenvalue weighted by atomic mass is 79.9. The number of ether oxygens (including phenoxy) is 1. The van der Waals surface area contributed by atoms with Crippen LogP contribution >= 0.6 is 15.9 Å². The molecule has 0 atom stereocenters. The SMILES string of the molecule is Cc1cc(Br)ccc1OC1(CN)CC1. The monoisotopic (exact) mass is 255 g/mol. The Morgan fingerprint density at radius 3 is 2.71 bits per heavy atom. The summed E-state index contributed by atoms with van der Waals surface area (Å²) in [4.78, 5) is 0. The van der Waals surface area contributed by atoms with Crippen molar-refractivity contribution in [3.63, 3.8) is 0 Å². The summed E-state index contributed by atoms with van der Waals surface area (Å²) in [7, 11) is 0. The fourth-order valence-electron chi connectivity index (χ4n) is 1.45. The molecule has 0 aromatic heterocycles. The van der Waals surface area contributed by atoms with Crippen molar-refractivity contribution in [1.82, 2.24) is 0 Å². The van der Waals surface area contributed by atoms with Gasteiger partial charge in [0.25, 0.3) is 0 Å². The summed E-state index contributed by atoms with van der Waals surface area (Å²) < 4.78 is 6.99. The molecule has 1 fully saturated rings. The molecule has 0 spiro atoms. The van der Waals surface area contributed by atoms with Crippen LogP contribution in [0.4, 0.5) is 0 Å². The van der Waals surface area contributed by atoms with E-state index in [1.165, 1.54) is 0 Å². The Morgan fingerprint density at radius 1 is 1.50 bits per heavy atom. The van der Waals surface area contributed by atoms with Gasteiger partial charge in [-0.05, 0) is 43.5 Å². The molecular formula is C11H14BrNO. The first kappa shape index (κ1) is 9.99. The summed E-state index contributed by atoms with van der Waals surface area (Å²) in [5.74, 6) is 0.955. The molecule has 14 heavy (non-hydrogen) atoms. The molecule has 0 bridgehead atoms. The first-order valence-corrected chi connectivity index (χ1v) is 5.60. The quantitative estimate of drug-likeness (QED) is 0.902. The standard InChI is InChI=1S/C11H14BrNO/c1-8-6-9(12)2-3-10(8)14-11(7-13)4-5-11/h2-3,6H,4-5,7,13H2,1H3. The van der Waals surface area contributed by atoms with Gasteiger partial charge in [0.05, 0.1) is 0 Å². The van der Waals surface area contributed by atoms with Crippen LogP contribution in [0.1, 0.15) is 18.4 Å². The summed E-state index contributed by atoms with van der Waals surface area (Å²) in [5, 5.41) is 0. The van der Waals surface area contributed by atoms with Gasteiger partial charge in [0.15, 0.2) is 0 Å². The van der Waals surface area contributed by atoms with E-state index in [1.54, 1.807) is 0 Å². The largest absolute Gasteiger partial charge is 0.486 e. The summed E-state index contributed by atoms with van der Waals surface area (Å²) >= 11 is 3.43. The van der Waals surface area contributed by atoms with Crippen LogP contribution in [0.5, 0.6) is 5.75 Å². The van der Waals surface area contributed by atoms with Gasteiger partial charge >= 0.3 is 0 Å². The van der Waals surface area contributed by atoms with Crippen LogP contribution in [0.15, 0.2) is 22.7 Å². The van der Waals surface area contributed by atoms with E-state index in [0.29, 0.717) is 6.54 Å². The van der Waals surface area contributed by atoms with Crippen molar-refractivity contribution in [2.45, 2.75) is 25.4 Å². The summed E-state index contributed by atoms with van der Waals surface area (Å²) in [5.41, 5.74) is 6.76. The molecule has 0 amide bonds. The van der Waals surface area contributed by atoms with Crippen LogP contribution in [0.2, 0.25) is 0 Å². The fourth-order valence-corrected chi connectivity index (χ4v) is 1.92. The van der Waals surface area contributed by atoms with Crippen LogP contribution in [-0.2, 0) is 0 Å². The van der Waals surface area contributed by atoms with E-state index in [1.807, 2.05) is 19.1 Å². The van der Waals surface area contributed by atoms with E-state index in [0.717, 1.165) is 28.6 Å². The first-order valence-electron chi connectivity index (χ1n) is 4.80. The number of halogens is 1. The molecule has 1 saturated carbocycles. The van der Waals surface area contributed by atoms with Crippen LogP contribution < -0.4 is 10.5 Å². The van der Waals surface area contributed by atoms with Crippen molar-refractivity contribution in [2.24, 2.45) is 5.73 Å². The van der Waals surface area contributed by atoms with E-state index in [9.17, 15) is 0 Å². The lowest BCUT2D eigenvalue weighted by atomic mass is 10.2. The average molecular weight is 256 g/mol. The molecule has 2 nitrogen and oxygen atoms in total. The van der Waals surface area contributed by atoms with Crippen molar-refractivity contribution >= 4 is 15.9 Å². The smallest absolute Gasteiger partial charge is 0.123 e. The van der Waals surface area contributed by atoms with Gasteiger partial charge < -0.3 is 10.5 Å². The molecule has 1 aromatic carbocycles. The maximum absolute atomic E-state index is 5.90. The van der Waals surface area contributed by atoms with Gasteiger partial charge in [-0.15, -0.1) is 0 Å². The minimum Gasteiger partial charge on any atom is -0.486 e. The second-order valence-electron chi connectivity index (χ2n) is 3.90. The van der Waals surface area contributed by atoms with E-state index in [2.05, 4.69) is 22.0 Å². The van der Waals surface area contributed by atoms with E-state index in [4.69, 9.17) is 10.5 Å². The molecular weight excluding hydrogens is 242 g/mol. The van der Waals surface area contributed by atoms with Crippen molar-refractivity contribution in [3.8, 4) is 5.75 Å². The molecule has 2 rings (SSSR count). The molecule has 0 aliphatic heterocycles. The van der Waals surface area contributed by atoms with Crippen LogP contribution in [-0.4, -0.2) is 12.1 Å². The summed E-state index contributed by atoms with van der Waals surface area (Å²) in [6, 6.07) is 6.05. The number of hydrogen-bond acceptors (Lipinski definition) is 2. The second kappa shape index (κ2) is 3.55. The maximum atomic E-state index is 5.90. The van der Waals surface area contributed by atoms with Crippen LogP contribution in [0.3, 0.4) is 0 Å². The number of benzene rings is 1. The minimum absolute atomic E-state index is 0.0570. The summed E-state index contributed by atoms with van der Waals surface area (Å²) in [6.45, 7) is 2.66. The Kier molecular flexibility index (Phi) is 2.54. The highest BCUT2D eigenvalue weighted by Gasteiger charge is 2.44. The Labute approximate surface area is 92.6 Å². The van der Waals surface area contributed by atoms with Crippen molar-refractivity contribution in [3.05, 3.63) is 28.2 Å². The average Bonchev–Trinajstić information content (AvgIpc) is 2.91. The number of nitrogens with two attached hydrogens (primary N) is 1. The number of aryl methyl sites for hydroxylation is 1. The third-order valence-corrected chi connectivity index (χ3v) is 3.14. The van der Waals surface area contributed by atoms with Gasteiger partial charge in [-0.1, -0.05) is 15.9 Å². The Hall–Kier alpha value is -0.540. The Bertz CT molecular complexity index is 347. The second-order valence-corrected chi connectivity index (χ2v) is 4.81. The van der Waals surface area contributed by atoms with E-state index >= 15 is 0 Å². The number of hydrogen-bond donors (Lipinski definition) is 1. The van der Waals surface area contributed by atoms with Crippen LogP contribution in [0, 0.1) is 6.92 Å². The molecule has 0 heterocycles. The first-order chi connectivity index (χ1) is 6.65. The molecule has 2 N–H and O–H groups in total. The van der Waals surface area contributed by atoms with E-state index in [-0.39, 0.29) is 5.60 Å². The van der Waals surface area contributed by atoms with Gasteiger partial charge in [-0.25, -0.2) is 0 Å². The molecule has 1 aromatic rings. The third-order valence-electron chi connectivity index (χ3n) is 2.64. The molecule has 3 heteroatoms. The lowest BCUT2D eigenvalue weighted by Crippen LogP contribution is -2.28. The van der Waals surface area contributed by atoms with E-state index < -0.39 is 0 Å². The predicted octanol–water partition coefficient (Wildman–Crippen LogP) is 2.63. The molecule has 1 aliphatic carbocycles. The van der Waals surface area contributed by atoms with Crippen molar-refractivity contribution in [1.29, 1.82) is 0 Å². The van der Waals surface area contributed by atoms with Gasteiger partial charge in [-0.3, -0.25) is 0 Å². The van der Waals surface area contributed by atoms with Gasteiger partial charge in [0.2, 0.25) is 0 Å². The molecule has 0 unspecified atom stereocenters. The molecule has 0 saturated heterocycles. The van der Waals surface area contributed by atoms with Gasteiger partial charge in [-0.2, -0.15) is 0 Å². The normalized spacial score (nSPS) is 17.9. The third kappa shape index (κ3) is 1.93. The lowest BCUT2D eigenvalue weighted by Gasteiger charge is -2.17.